The number of aryl methyl sites for hydroxylation is 1. The van der Waals surface area contributed by atoms with E-state index < -0.39 is 5.91 Å². The van der Waals surface area contributed by atoms with Crippen LogP contribution in [-0.2, 0) is 9.53 Å². The Kier molecular flexibility index (Phi) is 5.17. The summed E-state index contributed by atoms with van der Waals surface area (Å²) in [4.78, 5) is 14.5. The summed E-state index contributed by atoms with van der Waals surface area (Å²) in [6, 6.07) is 13.0. The van der Waals surface area contributed by atoms with E-state index in [1.54, 1.807) is 19.1 Å². The van der Waals surface area contributed by atoms with Crippen molar-refractivity contribution in [3.63, 3.8) is 0 Å². The third-order valence-electron chi connectivity index (χ3n) is 3.91. The smallest absolute Gasteiger partial charge is 0.266 e. The van der Waals surface area contributed by atoms with Gasteiger partial charge in [-0.25, -0.2) is 0 Å². The summed E-state index contributed by atoms with van der Waals surface area (Å²) < 4.78 is 10.7. The highest BCUT2D eigenvalue weighted by molar-refractivity contribution is 6.09. The SMILES string of the molecule is Cc1ccc(/C=C(\C#N)C(=O)Nc2ccc(N3CCOCC3)cc2)o1. The fourth-order valence-corrected chi connectivity index (χ4v) is 2.60. The standard InChI is InChI=1S/C19H19N3O3/c1-14-2-7-18(25-14)12-15(13-20)19(23)21-16-3-5-17(6-4-16)22-8-10-24-11-9-22/h2-7,12H,8-11H2,1H3,(H,21,23)/b15-12+. The molecular formula is C19H19N3O3. The molecule has 1 aliphatic heterocycles. The average Bonchev–Trinajstić information content (AvgIpc) is 3.06. The van der Waals surface area contributed by atoms with Gasteiger partial charge in [-0.2, -0.15) is 5.26 Å². The zero-order valence-electron chi connectivity index (χ0n) is 14.0. The summed E-state index contributed by atoms with van der Waals surface area (Å²) in [6.45, 7) is 4.97. The molecule has 1 aromatic carbocycles. The van der Waals surface area contributed by atoms with Gasteiger partial charge in [0.1, 0.15) is 23.2 Å². The lowest BCUT2D eigenvalue weighted by molar-refractivity contribution is -0.112. The van der Waals surface area contributed by atoms with Crippen LogP contribution < -0.4 is 10.2 Å². The highest BCUT2D eigenvalue weighted by Gasteiger charge is 2.13. The van der Waals surface area contributed by atoms with Crippen molar-refractivity contribution >= 4 is 23.4 Å². The number of morpholine rings is 1. The highest BCUT2D eigenvalue weighted by atomic mass is 16.5. The second kappa shape index (κ2) is 7.69. The largest absolute Gasteiger partial charge is 0.462 e. The Balaban J connectivity index is 1.67. The molecule has 0 radical (unpaired) electrons. The zero-order valence-corrected chi connectivity index (χ0v) is 14.0. The first kappa shape index (κ1) is 16.8. The summed E-state index contributed by atoms with van der Waals surface area (Å²) in [7, 11) is 0. The Morgan fingerprint density at radius 3 is 2.52 bits per heavy atom. The molecule has 2 heterocycles. The van der Waals surface area contributed by atoms with Gasteiger partial charge in [-0.15, -0.1) is 0 Å². The predicted octanol–water partition coefficient (Wildman–Crippen LogP) is 2.97. The lowest BCUT2D eigenvalue weighted by Gasteiger charge is -2.28. The molecule has 25 heavy (non-hydrogen) atoms. The predicted molar refractivity (Wildman–Crippen MR) is 95.1 cm³/mol. The lowest BCUT2D eigenvalue weighted by atomic mass is 10.2. The molecule has 128 valence electrons. The summed E-state index contributed by atoms with van der Waals surface area (Å²) in [5.74, 6) is 0.741. The van der Waals surface area contributed by atoms with Crippen molar-refractivity contribution in [1.29, 1.82) is 5.26 Å². The van der Waals surface area contributed by atoms with Crippen LogP contribution in [0.4, 0.5) is 11.4 Å². The molecule has 3 rings (SSSR count). The Hall–Kier alpha value is -3.04. The molecule has 0 bridgehead atoms. The summed E-state index contributed by atoms with van der Waals surface area (Å²) >= 11 is 0. The highest BCUT2D eigenvalue weighted by Crippen LogP contribution is 2.20. The maximum Gasteiger partial charge on any atom is 0.266 e. The first-order valence-electron chi connectivity index (χ1n) is 8.08. The number of nitriles is 1. The number of nitrogens with zero attached hydrogens (tertiary/aromatic N) is 2. The zero-order chi connectivity index (χ0) is 17.6. The summed E-state index contributed by atoms with van der Waals surface area (Å²) in [5, 5.41) is 12.0. The number of hydrogen-bond donors (Lipinski definition) is 1. The fourth-order valence-electron chi connectivity index (χ4n) is 2.60. The maximum atomic E-state index is 12.3. The van der Waals surface area contributed by atoms with Crippen LogP contribution in [0.15, 0.2) is 46.4 Å². The number of benzene rings is 1. The number of amides is 1. The minimum Gasteiger partial charge on any atom is -0.462 e. The van der Waals surface area contributed by atoms with Crippen molar-refractivity contribution in [2.45, 2.75) is 6.92 Å². The van der Waals surface area contributed by atoms with Gasteiger partial charge in [0, 0.05) is 30.5 Å². The van der Waals surface area contributed by atoms with Crippen LogP contribution >= 0.6 is 0 Å². The quantitative estimate of drug-likeness (QED) is 0.685. The second-order valence-corrected chi connectivity index (χ2v) is 5.72. The Morgan fingerprint density at radius 2 is 1.92 bits per heavy atom. The first-order valence-corrected chi connectivity index (χ1v) is 8.08. The molecule has 1 saturated heterocycles. The van der Waals surface area contributed by atoms with E-state index in [2.05, 4.69) is 10.2 Å². The van der Waals surface area contributed by atoms with Crippen LogP contribution in [0.1, 0.15) is 11.5 Å². The van der Waals surface area contributed by atoms with Crippen LogP contribution in [0.3, 0.4) is 0 Å². The van der Waals surface area contributed by atoms with Gasteiger partial charge in [0.25, 0.3) is 5.91 Å². The molecule has 1 aliphatic rings. The number of ether oxygens (including phenoxy) is 1. The molecule has 1 aromatic heterocycles. The van der Waals surface area contributed by atoms with E-state index in [9.17, 15) is 10.1 Å². The van der Waals surface area contributed by atoms with E-state index in [1.165, 1.54) is 6.08 Å². The van der Waals surface area contributed by atoms with Crippen molar-refractivity contribution in [3.05, 3.63) is 53.5 Å². The van der Waals surface area contributed by atoms with Gasteiger partial charge in [0.05, 0.1) is 13.2 Å². The Bertz CT molecular complexity index is 809. The van der Waals surface area contributed by atoms with Crippen LogP contribution in [-0.4, -0.2) is 32.2 Å². The number of hydrogen-bond acceptors (Lipinski definition) is 5. The van der Waals surface area contributed by atoms with Gasteiger partial charge in [0.2, 0.25) is 0 Å². The van der Waals surface area contributed by atoms with E-state index >= 15 is 0 Å². The number of nitrogens with one attached hydrogen (secondary N) is 1. The average molecular weight is 337 g/mol. The van der Waals surface area contributed by atoms with Crippen LogP contribution in [0, 0.1) is 18.3 Å². The molecule has 0 atom stereocenters. The first-order chi connectivity index (χ1) is 12.2. The molecule has 1 fully saturated rings. The van der Waals surface area contributed by atoms with Gasteiger partial charge in [-0.1, -0.05) is 0 Å². The third-order valence-corrected chi connectivity index (χ3v) is 3.91. The minimum absolute atomic E-state index is 0.00777. The Morgan fingerprint density at radius 1 is 1.20 bits per heavy atom. The van der Waals surface area contributed by atoms with Crippen molar-refractivity contribution in [2.75, 3.05) is 36.5 Å². The van der Waals surface area contributed by atoms with Gasteiger partial charge in [-0.3, -0.25) is 4.79 Å². The number of furan rings is 1. The number of rotatable bonds is 4. The summed E-state index contributed by atoms with van der Waals surface area (Å²) in [6.07, 6.45) is 1.43. The number of anilines is 2. The van der Waals surface area contributed by atoms with Crippen LogP contribution in [0.5, 0.6) is 0 Å². The van der Waals surface area contributed by atoms with Crippen molar-refractivity contribution in [2.24, 2.45) is 0 Å². The van der Waals surface area contributed by atoms with Crippen molar-refractivity contribution in [3.8, 4) is 6.07 Å². The molecule has 6 heteroatoms. The normalized spacial score (nSPS) is 14.9. The van der Waals surface area contributed by atoms with Gasteiger partial charge in [0.15, 0.2) is 0 Å². The molecular weight excluding hydrogens is 318 g/mol. The third kappa shape index (κ3) is 4.28. The number of carbonyl (C=O) groups is 1. The van der Waals surface area contributed by atoms with E-state index in [0.29, 0.717) is 11.4 Å². The second-order valence-electron chi connectivity index (χ2n) is 5.72. The molecule has 0 unspecified atom stereocenters. The van der Waals surface area contributed by atoms with Crippen molar-refractivity contribution in [1.82, 2.24) is 0 Å². The van der Waals surface area contributed by atoms with Gasteiger partial charge >= 0.3 is 0 Å². The van der Waals surface area contributed by atoms with E-state index in [1.807, 2.05) is 30.3 Å². The maximum absolute atomic E-state index is 12.3. The molecule has 2 aromatic rings. The van der Waals surface area contributed by atoms with Crippen LogP contribution in [0.25, 0.3) is 6.08 Å². The van der Waals surface area contributed by atoms with E-state index in [-0.39, 0.29) is 5.57 Å². The van der Waals surface area contributed by atoms with Crippen LogP contribution in [0.2, 0.25) is 0 Å². The summed E-state index contributed by atoms with van der Waals surface area (Å²) in [5.41, 5.74) is 1.72. The number of carbonyl (C=O) groups excluding carboxylic acids is 1. The molecule has 1 amide bonds. The molecule has 0 aliphatic carbocycles. The molecule has 1 N–H and O–H groups in total. The van der Waals surface area contributed by atoms with Gasteiger partial charge < -0.3 is 19.4 Å². The van der Waals surface area contributed by atoms with Gasteiger partial charge in [-0.05, 0) is 43.3 Å². The minimum atomic E-state index is -0.462. The molecule has 6 nitrogen and oxygen atoms in total. The van der Waals surface area contributed by atoms with E-state index in [0.717, 1.165) is 37.8 Å². The monoisotopic (exact) mass is 337 g/mol. The molecule has 0 spiro atoms. The van der Waals surface area contributed by atoms with E-state index in [4.69, 9.17) is 9.15 Å². The lowest BCUT2D eigenvalue weighted by Crippen LogP contribution is -2.36. The fraction of sp³-hybridized carbons (Fsp3) is 0.263. The molecule has 0 saturated carbocycles. The Labute approximate surface area is 146 Å². The topological polar surface area (TPSA) is 78.5 Å². The van der Waals surface area contributed by atoms with Crippen molar-refractivity contribution < 1.29 is 13.9 Å².